The van der Waals surface area contributed by atoms with Crippen molar-refractivity contribution in [1.82, 2.24) is 0 Å². The van der Waals surface area contributed by atoms with Crippen LogP contribution in [0, 0.1) is 11.3 Å². The summed E-state index contributed by atoms with van der Waals surface area (Å²) >= 11 is 0. The number of allylic oxidation sites excluding steroid dienone is 2. The SMILES string of the molecule is CC1=CCC(C(O)C(=O)O)C1(C)C. The molecule has 0 aromatic rings. The first-order valence-electron chi connectivity index (χ1n) is 4.45. The Morgan fingerprint density at radius 2 is 2.23 bits per heavy atom. The zero-order valence-electron chi connectivity index (χ0n) is 8.24. The van der Waals surface area contributed by atoms with Gasteiger partial charge < -0.3 is 10.2 Å². The van der Waals surface area contributed by atoms with Crippen molar-refractivity contribution in [2.24, 2.45) is 11.3 Å². The van der Waals surface area contributed by atoms with E-state index in [4.69, 9.17) is 5.11 Å². The van der Waals surface area contributed by atoms with E-state index >= 15 is 0 Å². The molecule has 0 bridgehead atoms. The minimum atomic E-state index is -1.25. The smallest absolute Gasteiger partial charge is 0.332 e. The van der Waals surface area contributed by atoms with E-state index in [0.717, 1.165) is 5.57 Å². The average Bonchev–Trinajstić information content (AvgIpc) is 2.26. The van der Waals surface area contributed by atoms with Gasteiger partial charge in [-0.1, -0.05) is 25.5 Å². The van der Waals surface area contributed by atoms with E-state index in [2.05, 4.69) is 0 Å². The van der Waals surface area contributed by atoms with Crippen LogP contribution in [0.15, 0.2) is 11.6 Å². The quantitative estimate of drug-likeness (QED) is 0.638. The lowest BCUT2D eigenvalue weighted by Crippen LogP contribution is -2.36. The molecule has 1 aliphatic rings. The molecular formula is C10H16O3. The lowest BCUT2D eigenvalue weighted by Gasteiger charge is -2.31. The Labute approximate surface area is 78.1 Å². The molecule has 0 aromatic carbocycles. The number of aliphatic carboxylic acids is 1. The maximum atomic E-state index is 10.6. The number of carboxylic acid groups (broad SMARTS) is 1. The molecule has 0 radical (unpaired) electrons. The number of carbonyl (C=O) groups is 1. The van der Waals surface area contributed by atoms with Crippen molar-refractivity contribution < 1.29 is 15.0 Å². The predicted molar refractivity (Wildman–Crippen MR) is 49.3 cm³/mol. The third-order valence-corrected chi connectivity index (χ3v) is 3.26. The van der Waals surface area contributed by atoms with Crippen LogP contribution in [0.2, 0.25) is 0 Å². The summed E-state index contributed by atoms with van der Waals surface area (Å²) in [4.78, 5) is 10.6. The number of rotatable bonds is 2. The van der Waals surface area contributed by atoms with Gasteiger partial charge in [0.25, 0.3) is 0 Å². The normalized spacial score (nSPS) is 28.3. The van der Waals surface area contributed by atoms with Crippen LogP contribution in [0.1, 0.15) is 27.2 Å². The molecule has 74 valence electrons. The Bertz CT molecular complexity index is 253. The summed E-state index contributed by atoms with van der Waals surface area (Å²) in [5.74, 6) is -1.31. The Kier molecular flexibility index (Phi) is 2.48. The second kappa shape index (κ2) is 3.14. The van der Waals surface area contributed by atoms with Crippen molar-refractivity contribution in [2.75, 3.05) is 0 Å². The maximum Gasteiger partial charge on any atom is 0.332 e. The first kappa shape index (κ1) is 10.3. The summed E-state index contributed by atoms with van der Waals surface area (Å²) < 4.78 is 0. The van der Waals surface area contributed by atoms with Gasteiger partial charge in [-0.25, -0.2) is 4.79 Å². The molecule has 0 spiro atoms. The molecule has 0 aromatic heterocycles. The summed E-state index contributed by atoms with van der Waals surface area (Å²) in [6.07, 6.45) is 1.42. The Morgan fingerprint density at radius 3 is 2.54 bits per heavy atom. The molecule has 2 atom stereocenters. The van der Waals surface area contributed by atoms with Crippen LogP contribution < -0.4 is 0 Å². The fourth-order valence-corrected chi connectivity index (χ4v) is 1.85. The first-order chi connectivity index (χ1) is 5.87. The van der Waals surface area contributed by atoms with Crippen LogP contribution >= 0.6 is 0 Å². The second-order valence-electron chi connectivity index (χ2n) is 4.23. The fourth-order valence-electron chi connectivity index (χ4n) is 1.85. The molecule has 1 rings (SSSR count). The fraction of sp³-hybridized carbons (Fsp3) is 0.700. The van der Waals surface area contributed by atoms with Gasteiger partial charge in [0.1, 0.15) is 0 Å². The van der Waals surface area contributed by atoms with Gasteiger partial charge in [0.05, 0.1) is 0 Å². The van der Waals surface area contributed by atoms with Crippen molar-refractivity contribution in [3.63, 3.8) is 0 Å². The van der Waals surface area contributed by atoms with Crippen molar-refractivity contribution in [3.05, 3.63) is 11.6 Å². The topological polar surface area (TPSA) is 57.5 Å². The van der Waals surface area contributed by atoms with E-state index < -0.39 is 12.1 Å². The van der Waals surface area contributed by atoms with Crippen LogP contribution in [0.4, 0.5) is 0 Å². The Balaban J connectivity index is 2.82. The summed E-state index contributed by atoms with van der Waals surface area (Å²) in [5, 5.41) is 18.1. The van der Waals surface area contributed by atoms with Crippen molar-refractivity contribution >= 4 is 5.97 Å². The summed E-state index contributed by atoms with van der Waals surface area (Å²) in [5.41, 5.74) is 0.968. The van der Waals surface area contributed by atoms with E-state index in [1.165, 1.54) is 0 Å². The Morgan fingerprint density at radius 1 is 1.69 bits per heavy atom. The van der Waals surface area contributed by atoms with Crippen LogP contribution in [0.5, 0.6) is 0 Å². The number of carboxylic acids is 1. The van der Waals surface area contributed by atoms with Gasteiger partial charge >= 0.3 is 5.97 Å². The highest BCUT2D eigenvalue weighted by Gasteiger charge is 2.41. The zero-order chi connectivity index (χ0) is 10.2. The van der Waals surface area contributed by atoms with Crippen LogP contribution in [-0.2, 0) is 4.79 Å². The number of hydrogen-bond donors (Lipinski definition) is 2. The maximum absolute atomic E-state index is 10.6. The van der Waals surface area contributed by atoms with E-state index in [-0.39, 0.29) is 11.3 Å². The zero-order valence-corrected chi connectivity index (χ0v) is 8.24. The first-order valence-corrected chi connectivity index (χ1v) is 4.45. The molecule has 1 aliphatic carbocycles. The van der Waals surface area contributed by atoms with Gasteiger partial charge in [-0.2, -0.15) is 0 Å². The van der Waals surface area contributed by atoms with Crippen molar-refractivity contribution in [3.8, 4) is 0 Å². The predicted octanol–water partition coefficient (Wildman–Crippen LogP) is 1.42. The van der Waals surface area contributed by atoms with Gasteiger partial charge in [-0.3, -0.25) is 0 Å². The molecule has 3 nitrogen and oxygen atoms in total. The van der Waals surface area contributed by atoms with Crippen LogP contribution in [0.3, 0.4) is 0 Å². The van der Waals surface area contributed by atoms with Gasteiger partial charge in [-0.05, 0) is 18.8 Å². The standard InChI is InChI=1S/C10H16O3/c1-6-4-5-7(10(6,2)3)8(11)9(12)13/h4,7-8,11H,5H2,1-3H3,(H,12,13). The second-order valence-corrected chi connectivity index (χ2v) is 4.23. The number of aliphatic hydroxyl groups is 1. The van der Waals surface area contributed by atoms with E-state index in [1.54, 1.807) is 0 Å². The highest BCUT2D eigenvalue weighted by Crippen LogP contribution is 2.44. The molecule has 0 saturated carbocycles. The van der Waals surface area contributed by atoms with Crippen LogP contribution in [-0.4, -0.2) is 22.3 Å². The minimum absolute atomic E-state index is 0.190. The summed E-state index contributed by atoms with van der Waals surface area (Å²) in [6, 6.07) is 0. The van der Waals surface area contributed by atoms with Crippen molar-refractivity contribution in [2.45, 2.75) is 33.3 Å². The third-order valence-electron chi connectivity index (χ3n) is 3.26. The highest BCUT2D eigenvalue weighted by molar-refractivity contribution is 5.72. The molecular weight excluding hydrogens is 168 g/mol. The average molecular weight is 184 g/mol. The lowest BCUT2D eigenvalue weighted by molar-refractivity contribution is -0.151. The van der Waals surface area contributed by atoms with Crippen LogP contribution in [0.25, 0.3) is 0 Å². The van der Waals surface area contributed by atoms with Gasteiger partial charge in [-0.15, -0.1) is 0 Å². The minimum Gasteiger partial charge on any atom is -0.479 e. The largest absolute Gasteiger partial charge is 0.479 e. The monoisotopic (exact) mass is 184 g/mol. The molecule has 2 unspecified atom stereocenters. The molecule has 2 N–H and O–H groups in total. The summed E-state index contributed by atoms with van der Waals surface area (Å²) in [7, 11) is 0. The molecule has 3 heteroatoms. The summed E-state index contributed by atoms with van der Waals surface area (Å²) in [6.45, 7) is 5.93. The van der Waals surface area contributed by atoms with Gasteiger partial charge in [0.2, 0.25) is 0 Å². The Hall–Kier alpha value is -0.830. The lowest BCUT2D eigenvalue weighted by atomic mass is 9.75. The van der Waals surface area contributed by atoms with E-state index in [9.17, 15) is 9.90 Å². The molecule has 0 fully saturated rings. The van der Waals surface area contributed by atoms with E-state index in [1.807, 2.05) is 26.8 Å². The molecule has 0 saturated heterocycles. The third kappa shape index (κ3) is 1.61. The molecule has 0 aliphatic heterocycles. The molecule has 0 amide bonds. The van der Waals surface area contributed by atoms with Crippen molar-refractivity contribution in [1.29, 1.82) is 0 Å². The van der Waals surface area contributed by atoms with Gasteiger partial charge in [0.15, 0.2) is 6.10 Å². The van der Waals surface area contributed by atoms with E-state index in [0.29, 0.717) is 6.42 Å². The number of hydrogen-bond acceptors (Lipinski definition) is 2. The molecule has 13 heavy (non-hydrogen) atoms. The van der Waals surface area contributed by atoms with Gasteiger partial charge in [0, 0.05) is 5.92 Å². The highest BCUT2D eigenvalue weighted by atomic mass is 16.4. The molecule has 0 heterocycles. The number of aliphatic hydroxyl groups excluding tert-OH is 1.